The van der Waals surface area contributed by atoms with Crippen LogP contribution in [0.25, 0.3) is 0 Å². The van der Waals surface area contributed by atoms with Gasteiger partial charge in [0.25, 0.3) is 0 Å². The van der Waals surface area contributed by atoms with E-state index in [2.05, 4.69) is 38.3 Å². The van der Waals surface area contributed by atoms with Crippen molar-refractivity contribution in [3.8, 4) is 0 Å². The highest BCUT2D eigenvalue weighted by Gasteiger charge is 2.35. The second-order valence-corrected chi connectivity index (χ2v) is 6.88. The largest absolute Gasteiger partial charge is 0.468 e. The molecule has 0 aromatic heterocycles. The van der Waals surface area contributed by atoms with Crippen LogP contribution in [0.4, 0.5) is 0 Å². The Morgan fingerprint density at radius 1 is 1.41 bits per heavy atom. The zero-order chi connectivity index (χ0) is 15.7. The van der Waals surface area contributed by atoms with E-state index in [4.69, 9.17) is 4.74 Å². The van der Waals surface area contributed by atoms with Crippen molar-refractivity contribution >= 4 is 27.8 Å². The quantitative estimate of drug-likeness (QED) is 0.823. The van der Waals surface area contributed by atoms with Crippen LogP contribution in [-0.4, -0.2) is 43.0 Å². The summed E-state index contributed by atoms with van der Waals surface area (Å²) in [6.45, 7) is 2.12. The van der Waals surface area contributed by atoms with E-state index in [1.807, 2.05) is 6.07 Å². The van der Waals surface area contributed by atoms with E-state index in [-0.39, 0.29) is 23.8 Å². The molecule has 118 valence electrons. The van der Waals surface area contributed by atoms with E-state index >= 15 is 0 Å². The molecular weight excluding hydrogens is 348 g/mol. The molecule has 1 aromatic rings. The Morgan fingerprint density at radius 3 is 2.91 bits per heavy atom. The van der Waals surface area contributed by atoms with Crippen LogP contribution in [-0.2, 0) is 27.3 Å². The molecule has 0 saturated carbocycles. The first kappa shape index (κ1) is 15.5. The van der Waals surface area contributed by atoms with E-state index in [0.717, 1.165) is 11.0 Å². The Balaban J connectivity index is 1.81. The number of nitrogens with one attached hydrogen (secondary N) is 1. The molecule has 2 heterocycles. The number of fused-ring (bicyclic) bond motifs is 1. The first-order chi connectivity index (χ1) is 10.6. The third-order valence-corrected chi connectivity index (χ3v) is 4.92. The van der Waals surface area contributed by atoms with Crippen molar-refractivity contribution in [1.29, 1.82) is 0 Å². The van der Waals surface area contributed by atoms with E-state index in [1.54, 1.807) is 0 Å². The second-order valence-electron chi connectivity index (χ2n) is 5.96. The van der Waals surface area contributed by atoms with Gasteiger partial charge in [0.2, 0.25) is 5.91 Å². The summed E-state index contributed by atoms with van der Waals surface area (Å²) in [5, 5.41) is 2.86. The highest BCUT2D eigenvalue weighted by molar-refractivity contribution is 9.10. The predicted octanol–water partition coefficient (Wildman–Crippen LogP) is 1.48. The average Bonchev–Trinajstić information content (AvgIpc) is 2.91. The number of halogens is 1. The Bertz CT molecular complexity index is 605. The van der Waals surface area contributed by atoms with E-state index in [0.29, 0.717) is 25.9 Å². The first-order valence-electron chi connectivity index (χ1n) is 7.42. The molecule has 1 saturated heterocycles. The Morgan fingerprint density at radius 2 is 2.23 bits per heavy atom. The molecule has 0 radical (unpaired) electrons. The minimum Gasteiger partial charge on any atom is -0.468 e. The SMILES string of the molecule is COC(=O)C1Cc2ccc(Br)cc2CN1CC1CNC(=O)C1. The maximum atomic E-state index is 12.1. The number of hydrogen-bond acceptors (Lipinski definition) is 4. The minimum absolute atomic E-state index is 0.0970. The van der Waals surface area contributed by atoms with Gasteiger partial charge in [-0.15, -0.1) is 0 Å². The molecule has 1 amide bonds. The van der Waals surface area contributed by atoms with Crippen molar-refractivity contribution in [2.75, 3.05) is 20.2 Å². The zero-order valence-electron chi connectivity index (χ0n) is 12.5. The third-order valence-electron chi connectivity index (χ3n) is 4.42. The maximum Gasteiger partial charge on any atom is 0.323 e. The molecule has 2 aliphatic heterocycles. The van der Waals surface area contributed by atoms with Gasteiger partial charge >= 0.3 is 5.97 Å². The second kappa shape index (κ2) is 6.38. The lowest BCUT2D eigenvalue weighted by atomic mass is 9.92. The van der Waals surface area contributed by atoms with Gasteiger partial charge in [-0.3, -0.25) is 14.5 Å². The van der Waals surface area contributed by atoms with Crippen molar-refractivity contribution in [3.05, 3.63) is 33.8 Å². The fraction of sp³-hybridized carbons (Fsp3) is 0.500. The number of rotatable bonds is 3. The fourth-order valence-corrected chi connectivity index (χ4v) is 3.70. The summed E-state index contributed by atoms with van der Waals surface area (Å²) in [6, 6.07) is 5.90. The van der Waals surface area contributed by atoms with Crippen molar-refractivity contribution in [2.24, 2.45) is 5.92 Å². The molecule has 0 spiro atoms. The Hall–Kier alpha value is -1.40. The normalized spacial score (nSPS) is 24.7. The van der Waals surface area contributed by atoms with Crippen LogP contribution >= 0.6 is 15.9 Å². The maximum absolute atomic E-state index is 12.1. The van der Waals surface area contributed by atoms with Crippen LogP contribution in [0.3, 0.4) is 0 Å². The van der Waals surface area contributed by atoms with E-state index < -0.39 is 0 Å². The van der Waals surface area contributed by atoms with Crippen LogP contribution in [0.2, 0.25) is 0 Å². The summed E-state index contributed by atoms with van der Waals surface area (Å²) in [5.74, 6) is 0.152. The molecule has 5 nitrogen and oxygen atoms in total. The molecular formula is C16H19BrN2O3. The molecule has 6 heteroatoms. The first-order valence-corrected chi connectivity index (χ1v) is 8.22. The third kappa shape index (κ3) is 3.17. The van der Waals surface area contributed by atoms with Crippen LogP contribution in [0.5, 0.6) is 0 Å². The summed E-state index contributed by atoms with van der Waals surface area (Å²) < 4.78 is 6.01. The number of ether oxygens (including phenoxy) is 1. The van der Waals surface area contributed by atoms with Crippen LogP contribution in [0.1, 0.15) is 17.5 Å². The van der Waals surface area contributed by atoms with Crippen molar-refractivity contribution in [3.63, 3.8) is 0 Å². The van der Waals surface area contributed by atoms with Gasteiger partial charge in [0.1, 0.15) is 6.04 Å². The average molecular weight is 367 g/mol. The summed E-state index contributed by atoms with van der Waals surface area (Å²) >= 11 is 3.50. The number of carbonyl (C=O) groups excluding carboxylic acids is 2. The number of carbonyl (C=O) groups is 2. The molecule has 1 N–H and O–H groups in total. The van der Waals surface area contributed by atoms with Crippen molar-refractivity contribution in [1.82, 2.24) is 10.2 Å². The lowest BCUT2D eigenvalue weighted by Gasteiger charge is -2.36. The molecule has 2 aliphatic rings. The number of nitrogens with zero attached hydrogens (tertiary/aromatic N) is 1. The number of methoxy groups -OCH3 is 1. The predicted molar refractivity (Wildman–Crippen MR) is 85.2 cm³/mol. The van der Waals surface area contributed by atoms with E-state index in [9.17, 15) is 9.59 Å². The van der Waals surface area contributed by atoms with Crippen LogP contribution < -0.4 is 5.32 Å². The lowest BCUT2D eigenvalue weighted by molar-refractivity contribution is -0.147. The van der Waals surface area contributed by atoms with Crippen LogP contribution in [0.15, 0.2) is 22.7 Å². The number of benzene rings is 1. The van der Waals surface area contributed by atoms with Gasteiger partial charge in [0.15, 0.2) is 0 Å². The molecule has 1 fully saturated rings. The van der Waals surface area contributed by atoms with Gasteiger partial charge in [-0.2, -0.15) is 0 Å². The number of amides is 1. The molecule has 2 unspecified atom stereocenters. The highest BCUT2D eigenvalue weighted by atomic mass is 79.9. The van der Waals surface area contributed by atoms with Crippen LogP contribution in [0, 0.1) is 5.92 Å². The summed E-state index contributed by atoms with van der Waals surface area (Å²) in [7, 11) is 1.43. The van der Waals surface area contributed by atoms with Gasteiger partial charge in [0.05, 0.1) is 7.11 Å². The number of esters is 1. The summed E-state index contributed by atoms with van der Waals surface area (Å²) in [5.41, 5.74) is 2.42. The summed E-state index contributed by atoms with van der Waals surface area (Å²) in [6.07, 6.45) is 1.19. The Labute approximate surface area is 138 Å². The fourth-order valence-electron chi connectivity index (χ4n) is 3.29. The molecule has 0 bridgehead atoms. The van der Waals surface area contributed by atoms with Gasteiger partial charge in [-0.25, -0.2) is 0 Å². The molecule has 3 rings (SSSR count). The van der Waals surface area contributed by atoms with Gasteiger partial charge < -0.3 is 10.1 Å². The standard InChI is InChI=1S/C16H19BrN2O3/c1-22-16(21)14-6-11-2-3-13(17)5-12(11)9-19(14)8-10-4-15(20)18-7-10/h2-3,5,10,14H,4,6-9H2,1H3,(H,18,20). The monoisotopic (exact) mass is 366 g/mol. The van der Waals surface area contributed by atoms with E-state index in [1.165, 1.54) is 18.2 Å². The highest BCUT2D eigenvalue weighted by Crippen LogP contribution is 2.28. The van der Waals surface area contributed by atoms with Crippen molar-refractivity contribution < 1.29 is 14.3 Å². The van der Waals surface area contributed by atoms with Gasteiger partial charge in [-0.1, -0.05) is 22.0 Å². The Kier molecular flexibility index (Phi) is 4.49. The van der Waals surface area contributed by atoms with Gasteiger partial charge in [0, 0.05) is 30.5 Å². The summed E-state index contributed by atoms with van der Waals surface area (Å²) in [4.78, 5) is 25.7. The molecule has 22 heavy (non-hydrogen) atoms. The topological polar surface area (TPSA) is 58.6 Å². The molecule has 0 aliphatic carbocycles. The lowest BCUT2D eigenvalue weighted by Crippen LogP contribution is -2.48. The smallest absolute Gasteiger partial charge is 0.323 e. The number of hydrogen-bond donors (Lipinski definition) is 1. The molecule has 2 atom stereocenters. The molecule has 1 aromatic carbocycles. The zero-order valence-corrected chi connectivity index (χ0v) is 14.1. The van der Waals surface area contributed by atoms with Gasteiger partial charge in [-0.05, 0) is 35.6 Å². The minimum atomic E-state index is -0.269. The van der Waals surface area contributed by atoms with Crippen molar-refractivity contribution in [2.45, 2.75) is 25.4 Å².